The summed E-state index contributed by atoms with van der Waals surface area (Å²) in [5.41, 5.74) is 1.55. The van der Waals surface area contributed by atoms with E-state index in [1.807, 2.05) is 0 Å². The molecule has 0 radical (unpaired) electrons. The molecule has 1 aromatic carbocycles. The van der Waals surface area contributed by atoms with Gasteiger partial charge in [0.1, 0.15) is 4.88 Å². The highest BCUT2D eigenvalue weighted by atomic mass is 35.5. The largest absolute Gasteiger partial charge is 0.493 e. The zero-order chi connectivity index (χ0) is 20.4. The summed E-state index contributed by atoms with van der Waals surface area (Å²) in [5.74, 6) is -0.139. The summed E-state index contributed by atoms with van der Waals surface area (Å²) in [6, 6.07) is 8.45. The molecule has 0 saturated carbocycles. The number of hydrazone groups is 1. The minimum Gasteiger partial charge on any atom is -0.493 e. The first-order valence-electron chi connectivity index (χ1n) is 8.35. The topological polar surface area (TPSA) is 123 Å². The molecule has 0 saturated heterocycles. The molecule has 30 heavy (non-hydrogen) atoms. The molecule has 12 heteroatoms. The first-order valence-corrected chi connectivity index (χ1v) is 9.23. The van der Waals surface area contributed by atoms with Crippen molar-refractivity contribution in [2.75, 3.05) is 12.1 Å². The highest BCUT2D eigenvalue weighted by Crippen LogP contribution is 2.31. The van der Waals surface area contributed by atoms with E-state index in [1.165, 1.54) is 18.4 Å². The number of methoxy groups -OCH3 is 1. The van der Waals surface area contributed by atoms with Gasteiger partial charge in [-0.1, -0.05) is 17.2 Å². The van der Waals surface area contributed by atoms with Gasteiger partial charge < -0.3 is 9.47 Å². The van der Waals surface area contributed by atoms with E-state index >= 15 is 0 Å². The molecule has 4 rings (SSSR count). The summed E-state index contributed by atoms with van der Waals surface area (Å²) in [6.45, 7) is 1.71. The quantitative estimate of drug-likeness (QED) is 0.363. The van der Waals surface area contributed by atoms with Gasteiger partial charge in [0.2, 0.25) is 0 Å². The predicted octanol–water partition coefficient (Wildman–Crippen LogP) is 2.72. The Morgan fingerprint density at radius 1 is 1.27 bits per heavy atom. The number of carbonyl (C=O) groups excluding carboxylic acids is 2. The number of thiophene rings is 1. The molecule has 154 valence electrons. The number of esters is 1. The summed E-state index contributed by atoms with van der Waals surface area (Å²) in [5, 5.41) is 20.3. The normalized spacial score (nSPS) is 14.5. The molecule has 0 aliphatic carbocycles. The van der Waals surface area contributed by atoms with Gasteiger partial charge in [0.25, 0.3) is 11.9 Å². The number of tetrazole rings is 1. The molecule has 0 bridgehead atoms. The second-order valence-corrected chi connectivity index (χ2v) is 6.80. The molecular weight excluding hydrogens is 432 g/mol. The molecule has 0 spiro atoms. The minimum absolute atomic E-state index is 0. The molecule has 1 aliphatic heterocycles. The average molecular weight is 447 g/mol. The van der Waals surface area contributed by atoms with Crippen molar-refractivity contribution >= 4 is 53.4 Å². The molecule has 10 nitrogen and oxygen atoms in total. The molecule has 0 atom stereocenters. The van der Waals surface area contributed by atoms with Crippen molar-refractivity contribution in [3.8, 4) is 11.5 Å². The number of H-pyrrole nitrogens is 1. The zero-order valence-electron chi connectivity index (χ0n) is 15.7. The Morgan fingerprint density at radius 3 is 2.77 bits per heavy atom. The van der Waals surface area contributed by atoms with E-state index in [0.717, 1.165) is 5.01 Å². The Labute approximate surface area is 180 Å². The number of nitrogens with one attached hydrogen (secondary N) is 1. The number of rotatable bonds is 5. The van der Waals surface area contributed by atoms with Gasteiger partial charge in [-0.25, -0.2) is 4.79 Å². The van der Waals surface area contributed by atoms with Crippen LogP contribution >= 0.6 is 23.7 Å². The lowest BCUT2D eigenvalue weighted by atomic mass is 10.1. The fraction of sp³-hybridized carbons (Fsp3) is 0.111. The van der Waals surface area contributed by atoms with E-state index in [2.05, 4.69) is 25.7 Å². The summed E-state index contributed by atoms with van der Waals surface area (Å²) >= 11 is 1.29. The van der Waals surface area contributed by atoms with Gasteiger partial charge in [0.15, 0.2) is 11.5 Å². The number of carbonyl (C=O) groups is 2. The molecule has 3 aromatic rings. The van der Waals surface area contributed by atoms with E-state index in [4.69, 9.17) is 9.47 Å². The average Bonchev–Trinajstić information content (AvgIpc) is 3.47. The van der Waals surface area contributed by atoms with E-state index < -0.39 is 5.97 Å². The second-order valence-electron chi connectivity index (χ2n) is 5.85. The van der Waals surface area contributed by atoms with Gasteiger partial charge in [-0.05, 0) is 47.4 Å². The van der Waals surface area contributed by atoms with Crippen LogP contribution in [0.4, 0.5) is 5.95 Å². The monoisotopic (exact) mass is 446 g/mol. The van der Waals surface area contributed by atoms with Gasteiger partial charge in [-0.2, -0.15) is 15.3 Å². The number of benzene rings is 1. The lowest BCUT2D eigenvalue weighted by Crippen LogP contribution is -2.22. The molecule has 1 aliphatic rings. The maximum absolute atomic E-state index is 12.6. The maximum Gasteiger partial charge on any atom is 0.353 e. The Bertz CT molecular complexity index is 1130. The Kier molecular flexibility index (Phi) is 6.23. The van der Waals surface area contributed by atoms with Gasteiger partial charge in [-0.3, -0.25) is 4.79 Å². The first-order chi connectivity index (χ1) is 14.1. The van der Waals surface area contributed by atoms with Crippen LogP contribution in [0.1, 0.15) is 22.2 Å². The number of ether oxygens (including phenoxy) is 2. The Morgan fingerprint density at radius 2 is 2.10 bits per heavy atom. The highest BCUT2D eigenvalue weighted by Gasteiger charge is 2.31. The number of nitrogens with zero attached hydrogens (tertiary/aromatic N) is 5. The standard InChI is InChI=1S/C18H14N6O4S.ClH/c1-10-12(16(25)24(21-10)18-19-22-23-20-18)8-11-5-6-13(14(9-11)27-2)28-17(26)15-4-3-7-29-15;/h3-9H,1-2H3,(H,19,20,22,23);1H. The van der Waals surface area contributed by atoms with Crippen molar-refractivity contribution in [1.82, 2.24) is 20.6 Å². The van der Waals surface area contributed by atoms with Gasteiger partial charge in [-0.15, -0.1) is 28.8 Å². The fourth-order valence-corrected chi connectivity index (χ4v) is 3.23. The van der Waals surface area contributed by atoms with E-state index in [0.29, 0.717) is 27.5 Å². The summed E-state index contributed by atoms with van der Waals surface area (Å²) in [4.78, 5) is 25.3. The lowest BCUT2D eigenvalue weighted by Gasteiger charge is -2.10. The number of hydrogen-bond acceptors (Lipinski definition) is 9. The van der Waals surface area contributed by atoms with Gasteiger partial charge in [0.05, 0.1) is 18.4 Å². The fourth-order valence-electron chi connectivity index (χ4n) is 2.64. The van der Waals surface area contributed by atoms with Gasteiger partial charge in [0, 0.05) is 0 Å². The summed E-state index contributed by atoms with van der Waals surface area (Å²) < 4.78 is 10.8. The van der Waals surface area contributed by atoms with Crippen LogP contribution in [0.3, 0.4) is 0 Å². The molecule has 3 heterocycles. The molecule has 1 N–H and O–H groups in total. The van der Waals surface area contributed by atoms with E-state index in [9.17, 15) is 9.59 Å². The third kappa shape index (κ3) is 4.07. The van der Waals surface area contributed by atoms with Crippen LogP contribution in [0.2, 0.25) is 0 Å². The summed E-state index contributed by atoms with van der Waals surface area (Å²) in [6.07, 6.45) is 1.66. The van der Waals surface area contributed by atoms with Crippen LogP contribution in [0.5, 0.6) is 11.5 Å². The number of amides is 1. The van der Waals surface area contributed by atoms with E-state index in [1.54, 1.807) is 48.7 Å². The molecule has 1 amide bonds. The third-order valence-electron chi connectivity index (χ3n) is 4.01. The lowest BCUT2D eigenvalue weighted by molar-refractivity contribution is -0.114. The highest BCUT2D eigenvalue weighted by molar-refractivity contribution is 7.12. The zero-order valence-corrected chi connectivity index (χ0v) is 17.4. The number of anilines is 1. The second kappa shape index (κ2) is 8.84. The number of hydrogen-bond donors (Lipinski definition) is 1. The van der Waals surface area contributed by atoms with Crippen molar-refractivity contribution < 1.29 is 19.1 Å². The van der Waals surface area contributed by atoms with Crippen LogP contribution in [0.25, 0.3) is 6.08 Å². The number of aromatic amines is 1. The molecule has 0 unspecified atom stereocenters. The Hall–Kier alpha value is -3.57. The third-order valence-corrected chi connectivity index (χ3v) is 4.86. The van der Waals surface area contributed by atoms with Crippen molar-refractivity contribution in [3.63, 3.8) is 0 Å². The van der Waals surface area contributed by atoms with Crippen molar-refractivity contribution in [1.29, 1.82) is 0 Å². The first kappa shape index (κ1) is 21.1. The smallest absolute Gasteiger partial charge is 0.353 e. The van der Waals surface area contributed by atoms with Crippen molar-refractivity contribution in [3.05, 3.63) is 51.7 Å². The van der Waals surface area contributed by atoms with Crippen LogP contribution in [-0.4, -0.2) is 45.3 Å². The predicted molar refractivity (Wildman–Crippen MR) is 112 cm³/mol. The van der Waals surface area contributed by atoms with Gasteiger partial charge >= 0.3 is 5.97 Å². The minimum atomic E-state index is -0.464. The Balaban J connectivity index is 0.00000256. The molecule has 0 fully saturated rings. The van der Waals surface area contributed by atoms with Crippen molar-refractivity contribution in [2.24, 2.45) is 5.10 Å². The van der Waals surface area contributed by atoms with Crippen LogP contribution in [0, 0.1) is 0 Å². The molecular formula is C18H15ClN6O4S. The molecule has 2 aromatic heterocycles. The van der Waals surface area contributed by atoms with E-state index in [-0.39, 0.29) is 30.0 Å². The summed E-state index contributed by atoms with van der Waals surface area (Å²) in [7, 11) is 1.47. The number of halogens is 1. The van der Waals surface area contributed by atoms with Crippen LogP contribution in [-0.2, 0) is 4.79 Å². The number of aromatic nitrogens is 4. The van der Waals surface area contributed by atoms with Crippen LogP contribution < -0.4 is 14.5 Å². The van der Waals surface area contributed by atoms with Crippen molar-refractivity contribution in [2.45, 2.75) is 6.92 Å². The SMILES string of the molecule is COc1cc(C=C2C(=O)N(c3nn[nH]n3)N=C2C)ccc1OC(=O)c1cccs1.Cl. The van der Waals surface area contributed by atoms with Crippen LogP contribution in [0.15, 0.2) is 46.4 Å². The maximum atomic E-state index is 12.6.